The fraction of sp³-hybridized carbons (Fsp3) is 0.263. The third-order valence-electron chi connectivity index (χ3n) is 4.38. The number of hydrogen-bond acceptors (Lipinski definition) is 4. The Morgan fingerprint density at radius 2 is 1.70 bits per heavy atom. The highest BCUT2D eigenvalue weighted by atomic mass is 35.5. The fourth-order valence-electron chi connectivity index (χ4n) is 2.83. The molecule has 1 N–H and O–H groups in total. The largest absolute Gasteiger partial charge is 0.339 e. The van der Waals surface area contributed by atoms with Crippen LogP contribution in [-0.4, -0.2) is 58.7 Å². The van der Waals surface area contributed by atoms with Crippen LogP contribution in [0.1, 0.15) is 27.8 Å². The highest BCUT2D eigenvalue weighted by Gasteiger charge is 2.24. The molecule has 1 aromatic heterocycles. The predicted molar refractivity (Wildman–Crippen MR) is 102 cm³/mol. The van der Waals surface area contributed by atoms with Gasteiger partial charge in [-0.15, -0.1) is 0 Å². The molecule has 0 bridgehead atoms. The lowest BCUT2D eigenvalue weighted by Gasteiger charge is -2.34. The number of nitrogens with one attached hydrogen (secondary N) is 1. The zero-order valence-electron chi connectivity index (χ0n) is 14.8. The lowest BCUT2D eigenvalue weighted by Crippen LogP contribution is -2.50. The summed E-state index contributed by atoms with van der Waals surface area (Å²) in [6.07, 6.45) is 1.43. The Morgan fingerprint density at radius 1 is 1.04 bits per heavy atom. The number of anilines is 1. The number of hydrogen-bond donors (Lipinski definition) is 1. The molecule has 8 heteroatoms. The first-order chi connectivity index (χ1) is 13.0. The van der Waals surface area contributed by atoms with Gasteiger partial charge in [-0.2, -0.15) is 0 Å². The van der Waals surface area contributed by atoms with E-state index in [0.29, 0.717) is 42.5 Å². The van der Waals surface area contributed by atoms with Gasteiger partial charge in [-0.1, -0.05) is 23.7 Å². The number of rotatable bonds is 3. The van der Waals surface area contributed by atoms with E-state index in [1.54, 1.807) is 34.1 Å². The van der Waals surface area contributed by atoms with E-state index >= 15 is 0 Å². The van der Waals surface area contributed by atoms with Gasteiger partial charge in [0.2, 0.25) is 5.91 Å². The number of piperazine rings is 1. The van der Waals surface area contributed by atoms with E-state index in [4.69, 9.17) is 11.6 Å². The van der Waals surface area contributed by atoms with Crippen molar-refractivity contribution in [1.82, 2.24) is 14.8 Å². The number of halogens is 1. The number of carbonyl (C=O) groups is 3. The zero-order valence-corrected chi connectivity index (χ0v) is 15.6. The monoisotopic (exact) mass is 386 g/mol. The maximum atomic E-state index is 12.7. The van der Waals surface area contributed by atoms with Gasteiger partial charge in [0, 0.05) is 44.9 Å². The molecule has 7 nitrogen and oxygen atoms in total. The van der Waals surface area contributed by atoms with E-state index in [1.807, 2.05) is 0 Å². The van der Waals surface area contributed by atoms with Gasteiger partial charge in [-0.3, -0.25) is 19.4 Å². The van der Waals surface area contributed by atoms with Crippen molar-refractivity contribution < 1.29 is 14.4 Å². The van der Waals surface area contributed by atoms with Crippen molar-refractivity contribution in [2.75, 3.05) is 31.5 Å². The van der Waals surface area contributed by atoms with Crippen LogP contribution < -0.4 is 5.32 Å². The Balaban J connectivity index is 1.70. The summed E-state index contributed by atoms with van der Waals surface area (Å²) in [5, 5.41) is 3.15. The second-order valence-corrected chi connectivity index (χ2v) is 6.57. The van der Waals surface area contributed by atoms with Crippen LogP contribution in [0.5, 0.6) is 0 Å². The molecule has 0 spiro atoms. The predicted octanol–water partition coefficient (Wildman–Crippen LogP) is 2.29. The number of aromatic nitrogens is 1. The lowest BCUT2D eigenvalue weighted by atomic mass is 10.2. The number of nitrogens with zero attached hydrogens (tertiary/aromatic N) is 3. The van der Waals surface area contributed by atoms with Gasteiger partial charge in [-0.25, -0.2) is 0 Å². The standard InChI is InChI=1S/C19H19ClN4O3/c1-13(25)23-8-10-24(11-9-23)19(27)17-12-14(6-7-21-17)18(26)22-16-5-3-2-4-15(16)20/h2-7,12H,8-11H2,1H3,(H,22,26). The third kappa shape index (κ3) is 4.43. The van der Waals surface area contributed by atoms with Crippen molar-refractivity contribution in [3.8, 4) is 0 Å². The third-order valence-corrected chi connectivity index (χ3v) is 4.71. The van der Waals surface area contributed by atoms with Crippen LogP contribution in [0.25, 0.3) is 0 Å². The molecule has 1 aliphatic rings. The molecule has 27 heavy (non-hydrogen) atoms. The maximum absolute atomic E-state index is 12.7. The van der Waals surface area contributed by atoms with Gasteiger partial charge in [0.1, 0.15) is 5.69 Å². The number of pyridine rings is 1. The smallest absolute Gasteiger partial charge is 0.272 e. The van der Waals surface area contributed by atoms with Crippen LogP contribution in [-0.2, 0) is 4.79 Å². The topological polar surface area (TPSA) is 82.6 Å². The molecule has 0 aliphatic carbocycles. The summed E-state index contributed by atoms with van der Waals surface area (Å²) in [5.41, 5.74) is 1.00. The molecule has 140 valence electrons. The Kier molecular flexibility index (Phi) is 5.71. The molecule has 1 aliphatic heterocycles. The highest BCUT2D eigenvalue weighted by Crippen LogP contribution is 2.21. The van der Waals surface area contributed by atoms with Crippen molar-refractivity contribution in [3.05, 3.63) is 58.9 Å². The minimum absolute atomic E-state index is 0.00142. The van der Waals surface area contributed by atoms with E-state index in [9.17, 15) is 14.4 Å². The molecule has 0 radical (unpaired) electrons. The van der Waals surface area contributed by atoms with Gasteiger partial charge < -0.3 is 15.1 Å². The molecule has 3 rings (SSSR count). The summed E-state index contributed by atoms with van der Waals surface area (Å²) < 4.78 is 0. The molecule has 0 unspecified atom stereocenters. The lowest BCUT2D eigenvalue weighted by molar-refractivity contribution is -0.130. The van der Waals surface area contributed by atoms with Gasteiger partial charge in [0.05, 0.1) is 10.7 Å². The fourth-order valence-corrected chi connectivity index (χ4v) is 3.02. The van der Waals surface area contributed by atoms with Crippen LogP contribution in [0.15, 0.2) is 42.6 Å². The van der Waals surface area contributed by atoms with E-state index in [1.165, 1.54) is 25.3 Å². The van der Waals surface area contributed by atoms with E-state index in [-0.39, 0.29) is 23.4 Å². The highest BCUT2D eigenvalue weighted by molar-refractivity contribution is 6.33. The van der Waals surface area contributed by atoms with Gasteiger partial charge in [0.25, 0.3) is 11.8 Å². The average Bonchev–Trinajstić information content (AvgIpc) is 2.69. The number of carbonyl (C=O) groups excluding carboxylic acids is 3. The average molecular weight is 387 g/mol. The summed E-state index contributed by atoms with van der Waals surface area (Å²) >= 11 is 6.06. The number of benzene rings is 1. The summed E-state index contributed by atoms with van der Waals surface area (Å²) in [4.78, 5) is 44.0. The van der Waals surface area contributed by atoms with Crippen molar-refractivity contribution in [2.24, 2.45) is 0 Å². The maximum Gasteiger partial charge on any atom is 0.272 e. The first-order valence-electron chi connectivity index (χ1n) is 8.52. The molecule has 2 heterocycles. The Labute approximate surface area is 161 Å². The Morgan fingerprint density at radius 3 is 2.37 bits per heavy atom. The Bertz CT molecular complexity index is 879. The number of para-hydroxylation sites is 1. The molecule has 2 aromatic rings. The first kappa shape index (κ1) is 18.8. The van der Waals surface area contributed by atoms with Crippen LogP contribution in [0.3, 0.4) is 0 Å². The summed E-state index contributed by atoms with van der Waals surface area (Å²) in [6, 6.07) is 9.92. The molecule has 0 atom stereocenters. The minimum atomic E-state index is -0.374. The molecule has 1 saturated heterocycles. The second-order valence-electron chi connectivity index (χ2n) is 6.16. The van der Waals surface area contributed by atoms with Gasteiger partial charge in [0.15, 0.2) is 0 Å². The summed E-state index contributed by atoms with van der Waals surface area (Å²) in [7, 11) is 0. The van der Waals surface area contributed by atoms with Crippen molar-refractivity contribution in [2.45, 2.75) is 6.92 Å². The van der Waals surface area contributed by atoms with E-state index < -0.39 is 0 Å². The minimum Gasteiger partial charge on any atom is -0.339 e. The second kappa shape index (κ2) is 8.18. The first-order valence-corrected chi connectivity index (χ1v) is 8.90. The SMILES string of the molecule is CC(=O)N1CCN(C(=O)c2cc(C(=O)Nc3ccccc3Cl)ccn2)CC1. The molecule has 3 amide bonds. The molecular formula is C19H19ClN4O3. The van der Waals surface area contributed by atoms with Crippen LogP contribution >= 0.6 is 11.6 Å². The summed E-state index contributed by atoms with van der Waals surface area (Å²) in [5.74, 6) is -0.634. The zero-order chi connectivity index (χ0) is 19.4. The van der Waals surface area contributed by atoms with Gasteiger partial charge >= 0.3 is 0 Å². The van der Waals surface area contributed by atoms with E-state index in [0.717, 1.165) is 0 Å². The normalized spacial score (nSPS) is 14.0. The van der Waals surface area contributed by atoms with Crippen molar-refractivity contribution >= 4 is 35.0 Å². The Hall–Kier alpha value is -2.93. The molecule has 1 aromatic carbocycles. The van der Waals surface area contributed by atoms with Crippen molar-refractivity contribution in [1.29, 1.82) is 0 Å². The van der Waals surface area contributed by atoms with Gasteiger partial charge in [-0.05, 0) is 24.3 Å². The van der Waals surface area contributed by atoms with Crippen LogP contribution in [0, 0.1) is 0 Å². The number of amides is 3. The molecular weight excluding hydrogens is 368 g/mol. The van der Waals surface area contributed by atoms with Crippen LogP contribution in [0.4, 0.5) is 5.69 Å². The summed E-state index contributed by atoms with van der Waals surface area (Å²) in [6.45, 7) is 3.38. The van der Waals surface area contributed by atoms with Crippen LogP contribution in [0.2, 0.25) is 5.02 Å². The molecule has 0 saturated carbocycles. The quantitative estimate of drug-likeness (QED) is 0.877. The van der Waals surface area contributed by atoms with Crippen molar-refractivity contribution in [3.63, 3.8) is 0 Å². The molecule has 1 fully saturated rings. The van der Waals surface area contributed by atoms with E-state index in [2.05, 4.69) is 10.3 Å².